The highest BCUT2D eigenvalue weighted by molar-refractivity contribution is 7.87. The van der Waals surface area contributed by atoms with Crippen LogP contribution in [0.1, 0.15) is 5.56 Å². The van der Waals surface area contributed by atoms with Gasteiger partial charge in [-0.15, -0.1) is 0 Å². The summed E-state index contributed by atoms with van der Waals surface area (Å²) < 4.78 is 59.9. The lowest BCUT2D eigenvalue weighted by Gasteiger charge is -2.13. The second-order valence-corrected chi connectivity index (χ2v) is 8.67. The molecule has 3 aromatic rings. The quantitative estimate of drug-likeness (QED) is 0.584. The molecule has 0 amide bonds. The van der Waals surface area contributed by atoms with Crippen LogP contribution < -0.4 is 8.37 Å². The summed E-state index contributed by atoms with van der Waals surface area (Å²) in [6.07, 6.45) is 0. The van der Waals surface area contributed by atoms with Crippen molar-refractivity contribution in [2.24, 2.45) is 0 Å². The second kappa shape index (κ2) is 7.42. The predicted molar refractivity (Wildman–Crippen MR) is 99.7 cm³/mol. The van der Waals surface area contributed by atoms with Gasteiger partial charge in [-0.05, 0) is 43.3 Å². The van der Waals surface area contributed by atoms with Crippen LogP contribution in [0, 0.1) is 6.92 Å². The van der Waals surface area contributed by atoms with E-state index in [4.69, 9.17) is 8.37 Å². The minimum absolute atomic E-state index is 0.00683. The first-order chi connectivity index (χ1) is 12.8. The van der Waals surface area contributed by atoms with Crippen LogP contribution in [-0.4, -0.2) is 16.8 Å². The van der Waals surface area contributed by atoms with Crippen molar-refractivity contribution in [2.75, 3.05) is 0 Å². The van der Waals surface area contributed by atoms with E-state index in [-0.39, 0.29) is 26.9 Å². The number of hydrogen-bond donors (Lipinski definition) is 0. The van der Waals surface area contributed by atoms with Crippen LogP contribution in [0.5, 0.6) is 11.5 Å². The van der Waals surface area contributed by atoms with E-state index in [0.29, 0.717) is 0 Å². The van der Waals surface area contributed by atoms with E-state index in [1.165, 1.54) is 49.4 Å². The van der Waals surface area contributed by atoms with Crippen molar-refractivity contribution >= 4 is 20.2 Å². The Labute approximate surface area is 158 Å². The minimum atomic E-state index is -4.05. The fourth-order valence-electron chi connectivity index (χ4n) is 2.28. The summed E-state index contributed by atoms with van der Waals surface area (Å²) in [5.74, 6) is -0.0285. The normalized spacial score (nSPS) is 11.7. The summed E-state index contributed by atoms with van der Waals surface area (Å²) in [6.45, 7) is 1.52. The molecule has 6 nitrogen and oxygen atoms in total. The lowest BCUT2D eigenvalue weighted by atomic mass is 10.2. The molecule has 0 aliphatic rings. The molecule has 0 aliphatic carbocycles. The lowest BCUT2D eigenvalue weighted by molar-refractivity contribution is 0.472. The maximum atomic E-state index is 12.4. The van der Waals surface area contributed by atoms with Crippen LogP contribution >= 0.6 is 0 Å². The van der Waals surface area contributed by atoms with Gasteiger partial charge < -0.3 is 8.37 Å². The first kappa shape index (κ1) is 18.9. The Hall–Kier alpha value is -2.84. The van der Waals surface area contributed by atoms with Crippen molar-refractivity contribution in [2.45, 2.75) is 16.7 Å². The fourth-order valence-corrected chi connectivity index (χ4v) is 4.29. The Morgan fingerprint density at radius 2 is 0.926 bits per heavy atom. The number of benzene rings is 3. The summed E-state index contributed by atoms with van der Waals surface area (Å²) in [6, 6.07) is 19.6. The van der Waals surface area contributed by atoms with Gasteiger partial charge in [-0.25, -0.2) is 0 Å². The summed E-state index contributed by atoms with van der Waals surface area (Å²) in [7, 11) is -8.11. The molecule has 0 fully saturated rings. The van der Waals surface area contributed by atoms with Gasteiger partial charge in [0.05, 0.1) is 0 Å². The molecular weight excluding hydrogens is 388 g/mol. The Kier molecular flexibility index (Phi) is 5.20. The predicted octanol–water partition coefficient (Wildman–Crippen LogP) is 3.53. The van der Waals surface area contributed by atoms with Gasteiger partial charge in [0, 0.05) is 5.56 Å². The molecule has 0 saturated carbocycles. The maximum Gasteiger partial charge on any atom is 0.339 e. The van der Waals surface area contributed by atoms with Crippen molar-refractivity contribution < 1.29 is 25.2 Å². The summed E-state index contributed by atoms with van der Waals surface area (Å²) >= 11 is 0. The molecule has 0 radical (unpaired) electrons. The average molecular weight is 404 g/mol. The zero-order valence-electron chi connectivity index (χ0n) is 14.3. The van der Waals surface area contributed by atoms with E-state index < -0.39 is 20.2 Å². The molecule has 0 aromatic heterocycles. The molecule has 0 atom stereocenters. The molecule has 3 aromatic carbocycles. The van der Waals surface area contributed by atoms with E-state index in [9.17, 15) is 16.8 Å². The van der Waals surface area contributed by atoms with Gasteiger partial charge in [0.2, 0.25) is 0 Å². The van der Waals surface area contributed by atoms with Gasteiger partial charge in [-0.3, -0.25) is 0 Å². The van der Waals surface area contributed by atoms with E-state index >= 15 is 0 Å². The topological polar surface area (TPSA) is 86.7 Å². The largest absolute Gasteiger partial charge is 0.379 e. The van der Waals surface area contributed by atoms with Crippen molar-refractivity contribution in [3.63, 3.8) is 0 Å². The molecule has 0 saturated heterocycles. The Bertz CT molecular complexity index is 1050. The highest BCUT2D eigenvalue weighted by Gasteiger charge is 2.21. The van der Waals surface area contributed by atoms with Crippen LogP contribution in [0.15, 0.2) is 88.7 Å². The molecule has 8 heteroatoms. The Morgan fingerprint density at radius 1 is 0.556 bits per heavy atom. The SMILES string of the molecule is Cc1c(OS(=O)(=O)c2ccccc2)cccc1OS(=O)(=O)c1ccccc1. The molecule has 0 N–H and O–H groups in total. The van der Waals surface area contributed by atoms with Gasteiger partial charge in [-0.1, -0.05) is 42.5 Å². The number of rotatable bonds is 6. The first-order valence-electron chi connectivity index (χ1n) is 7.88. The van der Waals surface area contributed by atoms with Gasteiger partial charge in [-0.2, -0.15) is 16.8 Å². The highest BCUT2D eigenvalue weighted by Crippen LogP contribution is 2.31. The van der Waals surface area contributed by atoms with Gasteiger partial charge in [0.25, 0.3) is 0 Å². The van der Waals surface area contributed by atoms with E-state index in [1.54, 1.807) is 36.4 Å². The van der Waals surface area contributed by atoms with E-state index in [0.717, 1.165) is 0 Å². The monoisotopic (exact) mass is 404 g/mol. The molecule has 0 bridgehead atoms. The van der Waals surface area contributed by atoms with E-state index in [1.807, 2.05) is 0 Å². The average Bonchev–Trinajstić information content (AvgIpc) is 2.66. The molecule has 0 aliphatic heterocycles. The van der Waals surface area contributed by atoms with Crippen LogP contribution in [0.3, 0.4) is 0 Å². The van der Waals surface area contributed by atoms with Gasteiger partial charge in [0.15, 0.2) is 0 Å². The van der Waals surface area contributed by atoms with Crippen LogP contribution in [0.4, 0.5) is 0 Å². The molecule has 140 valence electrons. The van der Waals surface area contributed by atoms with Crippen molar-refractivity contribution in [1.82, 2.24) is 0 Å². The van der Waals surface area contributed by atoms with Crippen LogP contribution in [-0.2, 0) is 20.2 Å². The maximum absolute atomic E-state index is 12.4. The standard InChI is InChI=1S/C19H16O6S2/c1-15-18(24-26(20,21)16-9-4-2-5-10-16)13-8-14-19(15)25-27(22,23)17-11-6-3-7-12-17/h2-14H,1H3. The van der Waals surface area contributed by atoms with E-state index in [2.05, 4.69) is 0 Å². The third kappa shape index (κ3) is 4.29. The molecule has 0 unspecified atom stereocenters. The second-order valence-electron chi connectivity index (χ2n) is 5.58. The third-order valence-electron chi connectivity index (χ3n) is 3.70. The summed E-state index contributed by atoms with van der Waals surface area (Å²) in [4.78, 5) is -0.0137. The van der Waals surface area contributed by atoms with Crippen molar-refractivity contribution in [3.05, 3.63) is 84.4 Å². The number of hydrogen-bond acceptors (Lipinski definition) is 6. The van der Waals surface area contributed by atoms with Crippen molar-refractivity contribution in [1.29, 1.82) is 0 Å². The van der Waals surface area contributed by atoms with Gasteiger partial charge in [0.1, 0.15) is 21.3 Å². The smallest absolute Gasteiger partial charge is 0.339 e. The lowest BCUT2D eigenvalue weighted by Crippen LogP contribution is -2.12. The molecular formula is C19H16O6S2. The first-order valence-corrected chi connectivity index (χ1v) is 10.7. The Balaban J connectivity index is 1.91. The van der Waals surface area contributed by atoms with Crippen LogP contribution in [0.25, 0.3) is 0 Å². The Morgan fingerprint density at radius 3 is 1.30 bits per heavy atom. The third-order valence-corrected chi connectivity index (χ3v) is 6.19. The zero-order valence-corrected chi connectivity index (χ0v) is 15.9. The molecule has 0 heterocycles. The minimum Gasteiger partial charge on any atom is -0.379 e. The van der Waals surface area contributed by atoms with Crippen LogP contribution in [0.2, 0.25) is 0 Å². The molecule has 3 rings (SSSR count). The zero-order chi connectivity index (χ0) is 19.5. The summed E-state index contributed by atoms with van der Waals surface area (Å²) in [5.41, 5.74) is 0.247. The summed E-state index contributed by atoms with van der Waals surface area (Å²) in [5, 5.41) is 0. The van der Waals surface area contributed by atoms with Crippen molar-refractivity contribution in [3.8, 4) is 11.5 Å². The fraction of sp³-hybridized carbons (Fsp3) is 0.0526. The van der Waals surface area contributed by atoms with Gasteiger partial charge >= 0.3 is 20.2 Å². The molecule has 0 spiro atoms. The highest BCUT2D eigenvalue weighted by atomic mass is 32.2. The molecule has 27 heavy (non-hydrogen) atoms.